The van der Waals surface area contributed by atoms with Crippen LogP contribution in [0.4, 0.5) is 4.39 Å². The molecule has 0 bridgehead atoms. The third-order valence-corrected chi connectivity index (χ3v) is 3.04. The molecule has 0 amide bonds. The number of benzene rings is 1. The van der Waals surface area contributed by atoms with E-state index in [1.54, 1.807) is 24.4 Å². The van der Waals surface area contributed by atoms with E-state index in [2.05, 4.69) is 4.98 Å². The number of rotatable bonds is 4. The number of pyridine rings is 1. The first-order valence-corrected chi connectivity index (χ1v) is 6.17. The Balaban J connectivity index is 2.09. The quantitative estimate of drug-likeness (QED) is 0.786. The summed E-state index contributed by atoms with van der Waals surface area (Å²) < 4.78 is 19.0. The fourth-order valence-electron chi connectivity index (χ4n) is 1.42. The van der Waals surface area contributed by atoms with Gasteiger partial charge < -0.3 is 4.74 Å². The largest absolute Gasteiger partial charge is 0.486 e. The van der Waals surface area contributed by atoms with E-state index in [9.17, 15) is 4.39 Å². The van der Waals surface area contributed by atoms with Crippen LogP contribution >= 0.6 is 23.2 Å². The van der Waals surface area contributed by atoms with Crippen LogP contribution in [0.3, 0.4) is 0 Å². The lowest BCUT2D eigenvalue weighted by atomic mass is 10.2. The summed E-state index contributed by atoms with van der Waals surface area (Å²) in [6, 6.07) is 6.37. The van der Waals surface area contributed by atoms with Crippen molar-refractivity contribution in [2.45, 2.75) is 12.5 Å². The van der Waals surface area contributed by atoms with Gasteiger partial charge in [-0.25, -0.2) is 4.39 Å². The number of aromatic nitrogens is 1. The normalized spacial score (nSPS) is 10.4. The van der Waals surface area contributed by atoms with Crippen LogP contribution in [-0.4, -0.2) is 4.98 Å². The summed E-state index contributed by atoms with van der Waals surface area (Å²) >= 11 is 11.5. The molecule has 1 aromatic carbocycles. The highest BCUT2D eigenvalue weighted by Gasteiger charge is 2.06. The van der Waals surface area contributed by atoms with Gasteiger partial charge in [-0.2, -0.15) is 0 Å². The zero-order chi connectivity index (χ0) is 13.0. The molecule has 0 fully saturated rings. The van der Waals surface area contributed by atoms with Crippen LogP contribution in [-0.2, 0) is 12.5 Å². The van der Waals surface area contributed by atoms with E-state index in [0.717, 1.165) is 5.56 Å². The molecule has 2 rings (SSSR count). The van der Waals surface area contributed by atoms with Gasteiger partial charge in [-0.1, -0.05) is 17.7 Å². The third-order valence-electron chi connectivity index (χ3n) is 2.39. The number of hydrogen-bond acceptors (Lipinski definition) is 2. The standard InChI is InChI=1S/C13H10Cl2FNO/c14-6-9-1-2-13(12(16)5-9)18-8-10-3-4-17-7-11(10)15/h1-5,7H,6,8H2. The Hall–Kier alpha value is -1.32. The highest BCUT2D eigenvalue weighted by molar-refractivity contribution is 6.31. The van der Waals surface area contributed by atoms with E-state index in [1.807, 2.05) is 0 Å². The molecule has 94 valence electrons. The zero-order valence-electron chi connectivity index (χ0n) is 9.37. The Morgan fingerprint density at radius 1 is 1.28 bits per heavy atom. The van der Waals surface area contributed by atoms with Crippen molar-refractivity contribution in [1.29, 1.82) is 0 Å². The van der Waals surface area contributed by atoms with Crippen molar-refractivity contribution in [3.8, 4) is 5.75 Å². The van der Waals surface area contributed by atoms with Gasteiger partial charge in [0.25, 0.3) is 0 Å². The molecule has 0 aliphatic heterocycles. The van der Waals surface area contributed by atoms with Gasteiger partial charge >= 0.3 is 0 Å². The smallest absolute Gasteiger partial charge is 0.165 e. The Morgan fingerprint density at radius 2 is 2.11 bits per heavy atom. The van der Waals surface area contributed by atoms with E-state index in [4.69, 9.17) is 27.9 Å². The SMILES string of the molecule is Fc1cc(CCl)ccc1OCc1ccncc1Cl. The van der Waals surface area contributed by atoms with Crippen molar-refractivity contribution >= 4 is 23.2 Å². The predicted molar refractivity (Wildman–Crippen MR) is 69.5 cm³/mol. The lowest BCUT2D eigenvalue weighted by Crippen LogP contribution is -1.99. The maximum absolute atomic E-state index is 13.6. The molecule has 0 radical (unpaired) electrons. The molecule has 5 heteroatoms. The van der Waals surface area contributed by atoms with Gasteiger partial charge in [0.15, 0.2) is 11.6 Å². The Morgan fingerprint density at radius 3 is 2.78 bits per heavy atom. The summed E-state index contributed by atoms with van der Waals surface area (Å²) in [5.41, 5.74) is 1.47. The molecular formula is C13H10Cl2FNO. The first-order chi connectivity index (χ1) is 8.70. The van der Waals surface area contributed by atoms with Crippen LogP contribution in [0.15, 0.2) is 36.7 Å². The van der Waals surface area contributed by atoms with Gasteiger partial charge in [-0.3, -0.25) is 4.98 Å². The summed E-state index contributed by atoms with van der Waals surface area (Å²) in [6.07, 6.45) is 3.13. The molecule has 0 aliphatic carbocycles. The topological polar surface area (TPSA) is 22.1 Å². The molecule has 0 spiro atoms. The highest BCUT2D eigenvalue weighted by atomic mass is 35.5. The van der Waals surface area contributed by atoms with E-state index < -0.39 is 5.82 Å². The number of nitrogens with zero attached hydrogens (tertiary/aromatic N) is 1. The first kappa shape index (κ1) is 13.1. The van der Waals surface area contributed by atoms with Crippen molar-refractivity contribution in [3.63, 3.8) is 0 Å². The maximum atomic E-state index is 13.6. The number of halogens is 3. The summed E-state index contributed by atoms with van der Waals surface area (Å²) in [7, 11) is 0. The van der Waals surface area contributed by atoms with Crippen molar-refractivity contribution in [2.75, 3.05) is 0 Å². The third kappa shape index (κ3) is 3.12. The molecule has 0 saturated heterocycles. The lowest BCUT2D eigenvalue weighted by Gasteiger charge is -2.09. The first-order valence-electron chi connectivity index (χ1n) is 5.26. The van der Waals surface area contributed by atoms with Crippen molar-refractivity contribution in [2.24, 2.45) is 0 Å². The molecule has 0 atom stereocenters. The average molecular weight is 286 g/mol. The van der Waals surface area contributed by atoms with E-state index in [0.29, 0.717) is 10.6 Å². The van der Waals surface area contributed by atoms with Crippen LogP contribution in [0.5, 0.6) is 5.75 Å². The fourth-order valence-corrected chi connectivity index (χ4v) is 1.76. The van der Waals surface area contributed by atoms with E-state index in [1.165, 1.54) is 12.3 Å². The minimum Gasteiger partial charge on any atom is -0.486 e. The number of alkyl halides is 1. The lowest BCUT2D eigenvalue weighted by molar-refractivity contribution is 0.290. The number of hydrogen-bond donors (Lipinski definition) is 0. The van der Waals surface area contributed by atoms with Crippen molar-refractivity contribution in [3.05, 3.63) is 58.6 Å². The zero-order valence-corrected chi connectivity index (χ0v) is 10.9. The fraction of sp³-hybridized carbons (Fsp3) is 0.154. The van der Waals surface area contributed by atoms with E-state index in [-0.39, 0.29) is 18.2 Å². The highest BCUT2D eigenvalue weighted by Crippen LogP contribution is 2.22. The van der Waals surface area contributed by atoms with Gasteiger partial charge in [0.1, 0.15) is 6.61 Å². The van der Waals surface area contributed by atoms with Crippen LogP contribution in [0.2, 0.25) is 5.02 Å². The molecule has 0 aliphatic rings. The Kier molecular flexibility index (Phi) is 4.39. The number of ether oxygens (including phenoxy) is 1. The monoisotopic (exact) mass is 285 g/mol. The minimum atomic E-state index is -0.432. The second-order valence-corrected chi connectivity index (χ2v) is 4.33. The second kappa shape index (κ2) is 6.03. The molecule has 2 aromatic rings. The summed E-state index contributed by atoms with van der Waals surface area (Å²) in [6.45, 7) is 0.193. The predicted octanol–water partition coefficient (Wildman–Crippen LogP) is 4.19. The van der Waals surface area contributed by atoms with Gasteiger partial charge in [0, 0.05) is 23.8 Å². The summed E-state index contributed by atoms with van der Waals surface area (Å²) in [5.74, 6) is 0.0167. The average Bonchev–Trinajstić information content (AvgIpc) is 2.39. The van der Waals surface area contributed by atoms with Crippen LogP contribution in [0.25, 0.3) is 0 Å². The molecule has 18 heavy (non-hydrogen) atoms. The minimum absolute atomic E-state index is 0.178. The Labute approximate surface area is 114 Å². The maximum Gasteiger partial charge on any atom is 0.165 e. The van der Waals surface area contributed by atoms with Gasteiger partial charge in [0.05, 0.1) is 5.02 Å². The van der Waals surface area contributed by atoms with Gasteiger partial charge in [0.2, 0.25) is 0 Å². The molecular weight excluding hydrogens is 276 g/mol. The van der Waals surface area contributed by atoms with Gasteiger partial charge in [-0.05, 0) is 23.8 Å². The molecule has 0 unspecified atom stereocenters. The summed E-state index contributed by atoms with van der Waals surface area (Å²) in [4.78, 5) is 3.86. The molecule has 0 saturated carbocycles. The van der Waals surface area contributed by atoms with Crippen LogP contribution in [0, 0.1) is 5.82 Å². The summed E-state index contributed by atoms with van der Waals surface area (Å²) in [5, 5.41) is 0.496. The molecule has 2 nitrogen and oxygen atoms in total. The Bertz CT molecular complexity index is 548. The molecule has 0 N–H and O–H groups in total. The molecule has 1 aromatic heterocycles. The van der Waals surface area contributed by atoms with Crippen LogP contribution in [0.1, 0.15) is 11.1 Å². The second-order valence-electron chi connectivity index (χ2n) is 3.65. The van der Waals surface area contributed by atoms with Crippen molar-refractivity contribution in [1.82, 2.24) is 4.98 Å². The van der Waals surface area contributed by atoms with Crippen molar-refractivity contribution < 1.29 is 9.13 Å². The van der Waals surface area contributed by atoms with Crippen LogP contribution < -0.4 is 4.74 Å². The van der Waals surface area contributed by atoms with Gasteiger partial charge in [-0.15, -0.1) is 11.6 Å². The van der Waals surface area contributed by atoms with E-state index >= 15 is 0 Å². The molecule has 1 heterocycles.